The molecule has 1 aliphatic heterocycles. The third-order valence-corrected chi connectivity index (χ3v) is 3.39. The number of hydrogen-bond donors (Lipinski definition) is 1. The number of nitro groups is 1. The van der Waals surface area contributed by atoms with Gasteiger partial charge in [0.2, 0.25) is 0 Å². The highest BCUT2D eigenvalue weighted by molar-refractivity contribution is 6.32. The van der Waals surface area contributed by atoms with Gasteiger partial charge >= 0.3 is 0 Å². The summed E-state index contributed by atoms with van der Waals surface area (Å²) >= 11 is 5.79. The molecule has 5 nitrogen and oxygen atoms in total. The molecule has 0 spiro atoms. The maximum absolute atomic E-state index is 10.8. The molecule has 0 aromatic heterocycles. The molecule has 1 aromatic carbocycles. The highest BCUT2D eigenvalue weighted by Crippen LogP contribution is 2.25. The molecule has 0 saturated carbocycles. The van der Waals surface area contributed by atoms with Gasteiger partial charge in [-0.1, -0.05) is 17.7 Å². The summed E-state index contributed by atoms with van der Waals surface area (Å²) in [4.78, 5) is 12.7. The maximum atomic E-state index is 10.8. The maximum Gasteiger partial charge on any atom is 0.288 e. The summed E-state index contributed by atoms with van der Waals surface area (Å²) in [5.41, 5.74) is 0.914. The van der Waals surface area contributed by atoms with E-state index < -0.39 is 4.92 Å². The Hall–Kier alpha value is -1.17. The van der Waals surface area contributed by atoms with E-state index in [9.17, 15) is 10.1 Å². The van der Waals surface area contributed by atoms with Crippen molar-refractivity contribution in [3.8, 4) is 0 Å². The first kappa shape index (κ1) is 13.3. The fraction of sp³-hybridized carbons (Fsp3) is 0.500. The van der Waals surface area contributed by atoms with Crippen LogP contribution in [0.4, 0.5) is 5.69 Å². The third kappa shape index (κ3) is 3.19. The first-order valence-electron chi connectivity index (χ1n) is 5.95. The lowest BCUT2D eigenvalue weighted by molar-refractivity contribution is -0.384. The average molecular weight is 270 g/mol. The molecule has 6 heteroatoms. The second kappa shape index (κ2) is 5.65. The lowest BCUT2D eigenvalue weighted by Gasteiger charge is -2.31. The van der Waals surface area contributed by atoms with E-state index in [0.717, 1.165) is 31.7 Å². The lowest BCUT2D eigenvalue weighted by atomic mass is 10.1. The molecule has 1 aromatic rings. The fourth-order valence-electron chi connectivity index (χ4n) is 2.21. The Morgan fingerprint density at radius 2 is 2.39 bits per heavy atom. The predicted molar refractivity (Wildman–Crippen MR) is 70.8 cm³/mol. The van der Waals surface area contributed by atoms with Gasteiger partial charge in [-0.25, -0.2) is 0 Å². The van der Waals surface area contributed by atoms with Crippen LogP contribution < -0.4 is 5.32 Å². The van der Waals surface area contributed by atoms with Gasteiger partial charge < -0.3 is 5.32 Å². The van der Waals surface area contributed by atoms with Crippen LogP contribution in [0.2, 0.25) is 5.02 Å². The molecule has 0 aliphatic carbocycles. The first-order chi connectivity index (χ1) is 8.56. The topological polar surface area (TPSA) is 58.4 Å². The van der Waals surface area contributed by atoms with Crippen LogP contribution in [-0.4, -0.2) is 35.5 Å². The Kier molecular flexibility index (Phi) is 4.16. The fourth-order valence-corrected chi connectivity index (χ4v) is 2.40. The van der Waals surface area contributed by atoms with E-state index in [4.69, 9.17) is 11.6 Å². The zero-order chi connectivity index (χ0) is 13.1. The van der Waals surface area contributed by atoms with Gasteiger partial charge in [-0.15, -0.1) is 0 Å². The molecular formula is C12H16ClN3O2. The van der Waals surface area contributed by atoms with Crippen LogP contribution in [0, 0.1) is 10.1 Å². The number of nitro benzene ring substituents is 1. The molecule has 0 amide bonds. The molecule has 1 fully saturated rings. The van der Waals surface area contributed by atoms with E-state index >= 15 is 0 Å². The van der Waals surface area contributed by atoms with Gasteiger partial charge in [0.05, 0.1) is 4.92 Å². The minimum absolute atomic E-state index is 0.0163. The van der Waals surface area contributed by atoms with Crippen molar-refractivity contribution >= 4 is 17.3 Å². The summed E-state index contributed by atoms with van der Waals surface area (Å²) in [5.74, 6) is 0. The van der Waals surface area contributed by atoms with E-state index in [1.807, 2.05) is 6.07 Å². The Morgan fingerprint density at radius 1 is 1.61 bits per heavy atom. The monoisotopic (exact) mass is 269 g/mol. The van der Waals surface area contributed by atoms with Crippen LogP contribution in [0.15, 0.2) is 18.2 Å². The van der Waals surface area contributed by atoms with Crippen molar-refractivity contribution in [2.75, 3.05) is 19.6 Å². The SMILES string of the molecule is C[C@H]1CN(Cc2ccc(Cl)c([N+](=O)[O-])c2)CCN1. The molecule has 0 bridgehead atoms. The van der Waals surface area contributed by atoms with Gasteiger partial charge in [-0.05, 0) is 18.6 Å². The Balaban J connectivity index is 2.09. The predicted octanol–water partition coefficient (Wildman–Crippen LogP) is 2.04. The number of rotatable bonds is 3. The van der Waals surface area contributed by atoms with E-state index in [2.05, 4.69) is 17.1 Å². The normalized spacial score (nSPS) is 20.9. The zero-order valence-corrected chi connectivity index (χ0v) is 11.0. The Labute approximate surface area is 111 Å². The molecule has 1 aliphatic rings. The zero-order valence-electron chi connectivity index (χ0n) is 10.2. The standard InChI is InChI=1S/C12H16ClN3O2/c1-9-7-15(5-4-14-9)8-10-2-3-11(13)12(6-10)16(17)18/h2-3,6,9,14H,4-5,7-8H2,1H3/t9-/m0/s1. The molecular weight excluding hydrogens is 254 g/mol. The molecule has 1 saturated heterocycles. The Bertz CT molecular complexity index is 453. The van der Waals surface area contributed by atoms with Crippen LogP contribution >= 0.6 is 11.6 Å². The van der Waals surface area contributed by atoms with Crippen LogP contribution in [-0.2, 0) is 6.54 Å². The molecule has 0 unspecified atom stereocenters. The van der Waals surface area contributed by atoms with Crippen molar-refractivity contribution in [3.63, 3.8) is 0 Å². The van der Waals surface area contributed by atoms with Crippen molar-refractivity contribution in [2.45, 2.75) is 19.5 Å². The van der Waals surface area contributed by atoms with Gasteiger partial charge in [0.1, 0.15) is 5.02 Å². The summed E-state index contributed by atoms with van der Waals surface area (Å²) in [6.45, 7) is 5.73. The van der Waals surface area contributed by atoms with Crippen molar-refractivity contribution in [1.82, 2.24) is 10.2 Å². The van der Waals surface area contributed by atoms with Crippen LogP contribution in [0.25, 0.3) is 0 Å². The summed E-state index contributed by atoms with van der Waals surface area (Å²) in [5, 5.41) is 14.4. The first-order valence-corrected chi connectivity index (χ1v) is 6.32. The number of piperazine rings is 1. The molecule has 1 atom stereocenters. The second-order valence-corrected chi connectivity index (χ2v) is 5.04. The van der Waals surface area contributed by atoms with Gasteiger partial charge in [0, 0.05) is 38.3 Å². The summed E-state index contributed by atoms with van der Waals surface area (Å²) < 4.78 is 0. The number of nitrogens with zero attached hydrogens (tertiary/aromatic N) is 2. The molecule has 1 heterocycles. The second-order valence-electron chi connectivity index (χ2n) is 4.63. The van der Waals surface area contributed by atoms with E-state index in [0.29, 0.717) is 6.04 Å². The average Bonchev–Trinajstić information content (AvgIpc) is 2.31. The smallest absolute Gasteiger partial charge is 0.288 e. The van der Waals surface area contributed by atoms with Crippen molar-refractivity contribution < 1.29 is 4.92 Å². The van der Waals surface area contributed by atoms with Crippen LogP contribution in [0.3, 0.4) is 0 Å². The summed E-state index contributed by atoms with van der Waals surface area (Å²) in [6.07, 6.45) is 0. The van der Waals surface area contributed by atoms with Crippen molar-refractivity contribution in [3.05, 3.63) is 38.9 Å². The quantitative estimate of drug-likeness (QED) is 0.674. The lowest BCUT2D eigenvalue weighted by Crippen LogP contribution is -2.48. The van der Waals surface area contributed by atoms with Gasteiger partial charge in [-0.2, -0.15) is 0 Å². The van der Waals surface area contributed by atoms with E-state index in [1.54, 1.807) is 12.1 Å². The third-order valence-electron chi connectivity index (χ3n) is 3.07. The van der Waals surface area contributed by atoms with Crippen molar-refractivity contribution in [2.24, 2.45) is 0 Å². The molecule has 1 N–H and O–H groups in total. The molecule has 0 radical (unpaired) electrons. The van der Waals surface area contributed by atoms with Crippen LogP contribution in [0.5, 0.6) is 0 Å². The van der Waals surface area contributed by atoms with E-state index in [-0.39, 0.29) is 10.7 Å². The number of halogens is 1. The van der Waals surface area contributed by atoms with Crippen LogP contribution in [0.1, 0.15) is 12.5 Å². The number of benzene rings is 1. The highest BCUT2D eigenvalue weighted by Gasteiger charge is 2.18. The van der Waals surface area contributed by atoms with Crippen molar-refractivity contribution in [1.29, 1.82) is 0 Å². The van der Waals surface area contributed by atoms with E-state index in [1.165, 1.54) is 0 Å². The number of nitrogens with one attached hydrogen (secondary N) is 1. The Morgan fingerprint density at radius 3 is 3.06 bits per heavy atom. The molecule has 98 valence electrons. The summed E-state index contributed by atoms with van der Waals surface area (Å²) in [7, 11) is 0. The summed E-state index contributed by atoms with van der Waals surface area (Å²) in [6, 6.07) is 5.47. The minimum atomic E-state index is -0.438. The van der Waals surface area contributed by atoms with Gasteiger partial charge in [0.15, 0.2) is 0 Å². The minimum Gasteiger partial charge on any atom is -0.312 e. The highest BCUT2D eigenvalue weighted by atomic mass is 35.5. The largest absolute Gasteiger partial charge is 0.312 e. The van der Waals surface area contributed by atoms with Gasteiger partial charge in [-0.3, -0.25) is 15.0 Å². The number of hydrogen-bond acceptors (Lipinski definition) is 4. The molecule has 2 rings (SSSR count). The van der Waals surface area contributed by atoms with Gasteiger partial charge in [0.25, 0.3) is 5.69 Å². The molecule has 18 heavy (non-hydrogen) atoms.